The lowest BCUT2D eigenvalue weighted by atomic mass is 10.00. The maximum atomic E-state index is 13.4. The molecule has 2 aromatic rings. The second-order valence-electron chi connectivity index (χ2n) is 9.84. The molecule has 1 saturated carbocycles. The van der Waals surface area contributed by atoms with E-state index in [4.69, 9.17) is 9.47 Å². The van der Waals surface area contributed by atoms with E-state index < -0.39 is 6.04 Å². The number of nitrogens with zero attached hydrogens (tertiary/aromatic N) is 2. The molecule has 2 amide bonds. The molecule has 2 aliphatic heterocycles. The molecular weight excluding hydrogens is 442 g/mol. The Labute approximate surface area is 207 Å². The zero-order valence-electron chi connectivity index (χ0n) is 20.4. The molecule has 0 spiro atoms. The number of carbonyl (C=O) groups is 2. The third kappa shape index (κ3) is 5.39. The van der Waals surface area contributed by atoms with Crippen LogP contribution in [0.2, 0.25) is 0 Å². The molecule has 7 heteroatoms. The van der Waals surface area contributed by atoms with Crippen molar-refractivity contribution in [1.82, 2.24) is 10.2 Å². The van der Waals surface area contributed by atoms with Gasteiger partial charge in [-0.2, -0.15) is 0 Å². The van der Waals surface area contributed by atoms with Crippen molar-refractivity contribution in [3.63, 3.8) is 0 Å². The van der Waals surface area contributed by atoms with E-state index >= 15 is 0 Å². The number of nitrogens with one attached hydrogen (secondary N) is 1. The third-order valence-electron chi connectivity index (χ3n) is 7.48. The van der Waals surface area contributed by atoms with E-state index in [1.165, 1.54) is 18.4 Å². The Morgan fingerprint density at radius 3 is 2.54 bits per heavy atom. The Hall–Kier alpha value is -3.22. The Morgan fingerprint density at radius 2 is 1.83 bits per heavy atom. The van der Waals surface area contributed by atoms with Gasteiger partial charge in [-0.1, -0.05) is 30.3 Å². The number of benzene rings is 2. The molecule has 2 unspecified atom stereocenters. The molecule has 1 N–H and O–H groups in total. The number of hydrogen-bond acceptors (Lipinski definition) is 5. The van der Waals surface area contributed by atoms with Crippen molar-refractivity contribution in [2.45, 2.75) is 63.1 Å². The smallest absolute Gasteiger partial charge is 0.245 e. The van der Waals surface area contributed by atoms with Crippen molar-refractivity contribution in [3.05, 3.63) is 54.1 Å². The van der Waals surface area contributed by atoms with Crippen LogP contribution in [0, 0.1) is 0 Å². The summed E-state index contributed by atoms with van der Waals surface area (Å²) in [7, 11) is 1.68. The van der Waals surface area contributed by atoms with Crippen molar-refractivity contribution >= 4 is 17.5 Å². The van der Waals surface area contributed by atoms with E-state index in [-0.39, 0.29) is 24.0 Å². The summed E-state index contributed by atoms with van der Waals surface area (Å²) in [4.78, 5) is 29.4. The average molecular weight is 478 g/mol. The summed E-state index contributed by atoms with van der Waals surface area (Å²) in [6.45, 7) is 2.07. The molecule has 5 rings (SSSR count). The Morgan fingerprint density at radius 1 is 1.03 bits per heavy atom. The quantitative estimate of drug-likeness (QED) is 0.660. The minimum atomic E-state index is -0.403. The molecule has 2 atom stereocenters. The standard InChI is InChI=1S/C28H35N3O4/c1-34-25-13-11-21(18-26(25)35-23-9-5-6-10-23)30-15-16-31(28(33)24-12-14-27(32)29-24)22(19-30)17-20-7-3-2-4-8-20/h2-4,7-8,11,13,18,22-24H,5-6,9-10,12,14-17,19H2,1H3,(H,29,32). The van der Waals surface area contributed by atoms with Gasteiger partial charge in [0.15, 0.2) is 11.5 Å². The van der Waals surface area contributed by atoms with E-state index in [2.05, 4.69) is 34.5 Å². The van der Waals surface area contributed by atoms with Gasteiger partial charge in [-0.15, -0.1) is 0 Å². The van der Waals surface area contributed by atoms with Gasteiger partial charge in [-0.25, -0.2) is 0 Å². The number of hydrogen-bond donors (Lipinski definition) is 1. The van der Waals surface area contributed by atoms with E-state index in [1.54, 1.807) is 7.11 Å². The molecule has 0 aromatic heterocycles. The maximum absolute atomic E-state index is 13.4. The summed E-state index contributed by atoms with van der Waals surface area (Å²) in [5.41, 5.74) is 2.28. The Balaban J connectivity index is 1.36. The second kappa shape index (κ2) is 10.6. The van der Waals surface area contributed by atoms with Gasteiger partial charge in [0.25, 0.3) is 0 Å². The van der Waals surface area contributed by atoms with Crippen LogP contribution in [0.1, 0.15) is 44.1 Å². The highest BCUT2D eigenvalue weighted by Crippen LogP contribution is 2.36. The molecule has 186 valence electrons. The highest BCUT2D eigenvalue weighted by molar-refractivity contribution is 5.91. The van der Waals surface area contributed by atoms with Crippen molar-refractivity contribution in [2.75, 3.05) is 31.6 Å². The monoisotopic (exact) mass is 477 g/mol. The fourth-order valence-corrected chi connectivity index (χ4v) is 5.58. The van der Waals surface area contributed by atoms with Crippen LogP contribution >= 0.6 is 0 Å². The van der Waals surface area contributed by atoms with Crippen LogP contribution < -0.4 is 19.7 Å². The molecule has 2 aromatic carbocycles. The van der Waals surface area contributed by atoms with E-state index in [0.717, 1.165) is 49.5 Å². The molecule has 3 fully saturated rings. The highest BCUT2D eigenvalue weighted by atomic mass is 16.5. The lowest BCUT2D eigenvalue weighted by Gasteiger charge is -2.43. The fourth-order valence-electron chi connectivity index (χ4n) is 5.58. The highest BCUT2D eigenvalue weighted by Gasteiger charge is 2.37. The van der Waals surface area contributed by atoms with Crippen LogP contribution in [0.25, 0.3) is 0 Å². The lowest BCUT2D eigenvalue weighted by molar-refractivity contribution is -0.137. The zero-order chi connectivity index (χ0) is 24.2. The normalized spacial score (nSPS) is 22.8. The van der Waals surface area contributed by atoms with Crippen LogP contribution in [0.5, 0.6) is 11.5 Å². The SMILES string of the molecule is COc1ccc(N2CCN(C(=O)C3CCC(=O)N3)C(Cc3ccccc3)C2)cc1OC1CCCC1. The van der Waals surface area contributed by atoms with Gasteiger partial charge in [0.2, 0.25) is 11.8 Å². The number of carbonyl (C=O) groups excluding carboxylic acids is 2. The molecule has 7 nitrogen and oxygen atoms in total. The zero-order valence-corrected chi connectivity index (χ0v) is 20.4. The summed E-state index contributed by atoms with van der Waals surface area (Å²) < 4.78 is 11.9. The molecule has 35 heavy (non-hydrogen) atoms. The van der Waals surface area contributed by atoms with Crippen molar-refractivity contribution in [2.24, 2.45) is 0 Å². The van der Waals surface area contributed by atoms with Crippen molar-refractivity contribution < 1.29 is 19.1 Å². The molecule has 1 aliphatic carbocycles. The van der Waals surface area contributed by atoms with Gasteiger partial charge in [0, 0.05) is 37.8 Å². The summed E-state index contributed by atoms with van der Waals surface area (Å²) >= 11 is 0. The molecule has 0 radical (unpaired) electrons. The third-order valence-corrected chi connectivity index (χ3v) is 7.48. The van der Waals surface area contributed by atoms with Crippen LogP contribution in [-0.4, -0.2) is 61.6 Å². The van der Waals surface area contributed by atoms with E-state index in [9.17, 15) is 9.59 Å². The van der Waals surface area contributed by atoms with Gasteiger partial charge in [0.05, 0.1) is 19.3 Å². The molecule has 2 saturated heterocycles. The first-order valence-corrected chi connectivity index (χ1v) is 12.8. The first-order chi connectivity index (χ1) is 17.1. The molecular formula is C28H35N3O4. The molecule has 2 heterocycles. The molecule has 0 bridgehead atoms. The fraction of sp³-hybridized carbons (Fsp3) is 0.500. The summed E-state index contributed by atoms with van der Waals surface area (Å²) in [6.07, 6.45) is 6.63. The van der Waals surface area contributed by atoms with Crippen LogP contribution in [0.4, 0.5) is 5.69 Å². The van der Waals surface area contributed by atoms with Gasteiger partial charge in [-0.3, -0.25) is 9.59 Å². The minimum absolute atomic E-state index is 0.0115. The number of anilines is 1. The number of piperazine rings is 1. The van der Waals surface area contributed by atoms with Crippen LogP contribution in [0.15, 0.2) is 48.5 Å². The average Bonchev–Trinajstić information content (AvgIpc) is 3.56. The van der Waals surface area contributed by atoms with Gasteiger partial charge < -0.3 is 24.6 Å². The van der Waals surface area contributed by atoms with Gasteiger partial charge in [0.1, 0.15) is 6.04 Å². The topological polar surface area (TPSA) is 71.1 Å². The first kappa shape index (κ1) is 23.5. The van der Waals surface area contributed by atoms with Gasteiger partial charge >= 0.3 is 0 Å². The number of amides is 2. The van der Waals surface area contributed by atoms with Crippen LogP contribution in [0.3, 0.4) is 0 Å². The first-order valence-electron chi connectivity index (χ1n) is 12.8. The van der Waals surface area contributed by atoms with Crippen molar-refractivity contribution in [3.8, 4) is 11.5 Å². The second-order valence-corrected chi connectivity index (χ2v) is 9.84. The van der Waals surface area contributed by atoms with E-state index in [1.807, 2.05) is 29.2 Å². The minimum Gasteiger partial charge on any atom is -0.493 e. The summed E-state index contributed by atoms with van der Waals surface area (Å²) in [5, 5.41) is 2.86. The Kier molecular flexibility index (Phi) is 7.11. The summed E-state index contributed by atoms with van der Waals surface area (Å²) in [6, 6.07) is 16.1. The molecule has 3 aliphatic rings. The van der Waals surface area contributed by atoms with Crippen molar-refractivity contribution in [1.29, 1.82) is 0 Å². The largest absolute Gasteiger partial charge is 0.493 e. The predicted octanol–water partition coefficient (Wildman–Crippen LogP) is 3.56. The van der Waals surface area contributed by atoms with Gasteiger partial charge in [-0.05, 0) is 56.2 Å². The number of ether oxygens (including phenoxy) is 2. The number of rotatable bonds is 7. The lowest BCUT2D eigenvalue weighted by Crippen LogP contribution is -2.59. The number of methoxy groups -OCH3 is 1. The van der Waals surface area contributed by atoms with Crippen LogP contribution in [-0.2, 0) is 16.0 Å². The Bertz CT molecular complexity index is 1040. The summed E-state index contributed by atoms with van der Waals surface area (Å²) in [5.74, 6) is 1.56. The maximum Gasteiger partial charge on any atom is 0.245 e. The predicted molar refractivity (Wildman–Crippen MR) is 135 cm³/mol. The van der Waals surface area contributed by atoms with E-state index in [0.29, 0.717) is 19.4 Å².